The second-order valence-electron chi connectivity index (χ2n) is 6.79. The van der Waals surface area contributed by atoms with Gasteiger partial charge in [-0.05, 0) is 25.9 Å². The van der Waals surface area contributed by atoms with Crippen LogP contribution in [0.1, 0.15) is 30.2 Å². The fourth-order valence-corrected chi connectivity index (χ4v) is 4.98. The minimum absolute atomic E-state index is 0.159. The van der Waals surface area contributed by atoms with E-state index in [2.05, 4.69) is 20.2 Å². The maximum Gasteiger partial charge on any atom is 0.180 e. The van der Waals surface area contributed by atoms with Crippen molar-refractivity contribution in [3.05, 3.63) is 24.3 Å². The van der Waals surface area contributed by atoms with Crippen LogP contribution in [0.25, 0.3) is 5.65 Å². The predicted octanol–water partition coefficient (Wildman–Crippen LogP) is 1.14. The van der Waals surface area contributed by atoms with E-state index in [-0.39, 0.29) is 5.25 Å². The van der Waals surface area contributed by atoms with E-state index < -0.39 is 12.2 Å². The summed E-state index contributed by atoms with van der Waals surface area (Å²) in [6.45, 7) is 4.23. The van der Waals surface area contributed by atoms with Crippen LogP contribution in [0.4, 0.5) is 5.82 Å². The van der Waals surface area contributed by atoms with Crippen molar-refractivity contribution in [2.45, 2.75) is 36.7 Å². The fraction of sp³-hybridized carbons (Fsp3) is 0.647. The molecule has 4 heterocycles. The minimum Gasteiger partial charge on any atom is -0.390 e. The second kappa shape index (κ2) is 7.49. The van der Waals surface area contributed by atoms with E-state index in [9.17, 15) is 10.2 Å². The van der Waals surface area contributed by atoms with Gasteiger partial charge in [0.2, 0.25) is 0 Å². The van der Waals surface area contributed by atoms with Crippen LogP contribution < -0.4 is 5.32 Å². The van der Waals surface area contributed by atoms with Gasteiger partial charge >= 0.3 is 0 Å². The predicted molar refractivity (Wildman–Crippen MR) is 99.0 cm³/mol. The lowest BCUT2D eigenvalue weighted by atomic mass is 10.1. The van der Waals surface area contributed by atoms with Crippen molar-refractivity contribution < 1.29 is 10.2 Å². The molecule has 4 rings (SSSR count). The number of nitrogens with one attached hydrogen (secondary N) is 1. The number of piperidine rings is 1. The SMILES string of the molecule is O[C@@H]1[C@H](O)CS[C@H]1c1cnc2c(NCCN3CCCCC3)nccn12. The molecule has 2 aromatic rings. The number of aliphatic hydroxyl groups excluding tert-OH is 2. The Bertz CT molecular complexity index is 718. The highest BCUT2D eigenvalue weighted by molar-refractivity contribution is 7.99. The molecule has 3 atom stereocenters. The summed E-state index contributed by atoms with van der Waals surface area (Å²) in [4.78, 5) is 11.4. The zero-order valence-electron chi connectivity index (χ0n) is 14.2. The highest BCUT2D eigenvalue weighted by Gasteiger charge is 2.37. The smallest absolute Gasteiger partial charge is 0.180 e. The van der Waals surface area contributed by atoms with Gasteiger partial charge in [-0.1, -0.05) is 6.42 Å². The molecule has 2 fully saturated rings. The lowest BCUT2D eigenvalue weighted by molar-refractivity contribution is 0.0411. The van der Waals surface area contributed by atoms with E-state index in [4.69, 9.17) is 0 Å². The largest absolute Gasteiger partial charge is 0.390 e. The van der Waals surface area contributed by atoms with E-state index in [1.807, 2.05) is 10.6 Å². The first-order valence-corrected chi connectivity index (χ1v) is 10.0. The molecule has 0 aliphatic carbocycles. The van der Waals surface area contributed by atoms with Crippen LogP contribution in [-0.4, -0.2) is 73.6 Å². The van der Waals surface area contributed by atoms with Gasteiger partial charge in [-0.3, -0.25) is 4.40 Å². The van der Waals surface area contributed by atoms with E-state index in [0.29, 0.717) is 5.75 Å². The van der Waals surface area contributed by atoms with Crippen LogP contribution in [0.2, 0.25) is 0 Å². The minimum atomic E-state index is -0.756. The van der Waals surface area contributed by atoms with Gasteiger partial charge in [-0.15, -0.1) is 11.8 Å². The van der Waals surface area contributed by atoms with Crippen molar-refractivity contribution in [1.29, 1.82) is 0 Å². The molecule has 0 spiro atoms. The van der Waals surface area contributed by atoms with Gasteiger partial charge in [-0.2, -0.15) is 0 Å². The molecule has 0 aromatic carbocycles. The number of aliphatic hydroxyl groups is 2. The van der Waals surface area contributed by atoms with Crippen LogP contribution in [0.15, 0.2) is 18.6 Å². The van der Waals surface area contributed by atoms with Gasteiger partial charge in [0.1, 0.15) is 0 Å². The van der Waals surface area contributed by atoms with Crippen molar-refractivity contribution in [3.63, 3.8) is 0 Å². The molecule has 0 bridgehead atoms. The van der Waals surface area contributed by atoms with E-state index in [0.717, 1.165) is 30.2 Å². The molecular weight excluding hydrogens is 338 g/mol. The number of likely N-dealkylation sites (tertiary alicyclic amines) is 1. The summed E-state index contributed by atoms with van der Waals surface area (Å²) in [5.41, 5.74) is 1.68. The Morgan fingerprint density at radius 1 is 1.20 bits per heavy atom. The molecule has 0 saturated carbocycles. The molecule has 0 amide bonds. The third kappa shape index (κ3) is 3.48. The number of imidazole rings is 1. The molecule has 2 aliphatic heterocycles. The van der Waals surface area contributed by atoms with Crippen molar-refractivity contribution in [2.75, 3.05) is 37.2 Å². The van der Waals surface area contributed by atoms with Crippen LogP contribution in [0.5, 0.6) is 0 Å². The summed E-state index contributed by atoms with van der Waals surface area (Å²) in [7, 11) is 0. The molecule has 7 nitrogen and oxygen atoms in total. The van der Waals surface area contributed by atoms with Gasteiger partial charge in [-0.25, -0.2) is 9.97 Å². The number of rotatable bonds is 5. The van der Waals surface area contributed by atoms with E-state index >= 15 is 0 Å². The summed E-state index contributed by atoms with van der Waals surface area (Å²) in [5, 5.41) is 23.2. The summed E-state index contributed by atoms with van der Waals surface area (Å²) in [5.74, 6) is 1.31. The fourth-order valence-electron chi connectivity index (χ4n) is 3.65. The standard InChI is InChI=1S/C17H25N5O2S/c23-13-11-25-15(14(13)24)12-10-20-17-16(19-5-9-22(12)17)18-4-8-21-6-2-1-3-7-21/h5,9-10,13-15,23-24H,1-4,6-8,11H2,(H,18,19)/t13-,14-,15+/m1/s1. The molecule has 8 heteroatoms. The van der Waals surface area contributed by atoms with Gasteiger partial charge in [0.25, 0.3) is 0 Å². The van der Waals surface area contributed by atoms with Gasteiger partial charge < -0.3 is 20.4 Å². The molecular formula is C17H25N5O2S. The Kier molecular flexibility index (Phi) is 5.12. The number of nitrogens with zero attached hydrogens (tertiary/aromatic N) is 4. The van der Waals surface area contributed by atoms with Crippen LogP contribution >= 0.6 is 11.8 Å². The van der Waals surface area contributed by atoms with Crippen LogP contribution in [0, 0.1) is 0 Å². The monoisotopic (exact) mass is 363 g/mol. The molecule has 2 aromatic heterocycles. The van der Waals surface area contributed by atoms with Crippen molar-refractivity contribution in [3.8, 4) is 0 Å². The Balaban J connectivity index is 1.47. The number of anilines is 1. The number of thioether (sulfide) groups is 1. The summed E-state index contributed by atoms with van der Waals surface area (Å²) < 4.78 is 1.97. The first-order chi connectivity index (χ1) is 12.2. The van der Waals surface area contributed by atoms with Crippen molar-refractivity contribution in [1.82, 2.24) is 19.3 Å². The highest BCUT2D eigenvalue weighted by Crippen LogP contribution is 2.40. The highest BCUT2D eigenvalue weighted by atomic mass is 32.2. The van der Waals surface area contributed by atoms with Gasteiger partial charge in [0.15, 0.2) is 11.5 Å². The molecule has 2 saturated heterocycles. The molecule has 136 valence electrons. The number of fused-ring (bicyclic) bond motifs is 1. The number of hydrogen-bond acceptors (Lipinski definition) is 7. The zero-order chi connectivity index (χ0) is 17.2. The third-order valence-corrected chi connectivity index (χ3v) is 6.48. The number of hydrogen-bond donors (Lipinski definition) is 3. The molecule has 0 unspecified atom stereocenters. The van der Waals surface area contributed by atoms with E-state index in [1.165, 1.54) is 32.4 Å². The van der Waals surface area contributed by atoms with Crippen LogP contribution in [0.3, 0.4) is 0 Å². The number of aromatic nitrogens is 3. The Morgan fingerprint density at radius 3 is 2.80 bits per heavy atom. The summed E-state index contributed by atoms with van der Waals surface area (Å²) in [6, 6.07) is 0. The Morgan fingerprint density at radius 2 is 2.04 bits per heavy atom. The Hall–Kier alpha value is -1.35. The quantitative estimate of drug-likeness (QED) is 0.734. The molecule has 2 aliphatic rings. The molecule has 0 radical (unpaired) electrons. The maximum atomic E-state index is 10.2. The molecule has 25 heavy (non-hydrogen) atoms. The molecule has 3 N–H and O–H groups in total. The maximum absolute atomic E-state index is 10.2. The summed E-state index contributed by atoms with van der Waals surface area (Å²) >= 11 is 1.57. The normalized spacial score (nSPS) is 27.8. The van der Waals surface area contributed by atoms with Gasteiger partial charge in [0.05, 0.1) is 29.3 Å². The summed E-state index contributed by atoms with van der Waals surface area (Å²) in [6.07, 6.45) is 7.91. The lowest BCUT2D eigenvalue weighted by Crippen LogP contribution is -2.33. The second-order valence-corrected chi connectivity index (χ2v) is 7.97. The van der Waals surface area contributed by atoms with Crippen molar-refractivity contribution >= 4 is 23.2 Å². The average Bonchev–Trinajstić information content (AvgIpc) is 3.20. The lowest BCUT2D eigenvalue weighted by Gasteiger charge is -2.26. The van der Waals surface area contributed by atoms with Crippen molar-refractivity contribution in [2.24, 2.45) is 0 Å². The first kappa shape index (κ1) is 17.1. The topological polar surface area (TPSA) is 85.9 Å². The van der Waals surface area contributed by atoms with Gasteiger partial charge in [0, 0.05) is 31.2 Å². The average molecular weight is 363 g/mol. The Labute approximate surface area is 151 Å². The van der Waals surface area contributed by atoms with E-state index in [1.54, 1.807) is 24.2 Å². The third-order valence-electron chi connectivity index (χ3n) is 5.07. The zero-order valence-corrected chi connectivity index (χ0v) is 15.0. The first-order valence-electron chi connectivity index (χ1n) is 9.00. The van der Waals surface area contributed by atoms with Crippen LogP contribution in [-0.2, 0) is 0 Å².